The molecule has 4 radical (unpaired) electrons. The Labute approximate surface area is 144 Å². The zero-order valence-electron chi connectivity index (χ0n) is 13.4. The summed E-state index contributed by atoms with van der Waals surface area (Å²) in [6.45, 7) is 0. The summed E-state index contributed by atoms with van der Waals surface area (Å²) in [5, 5.41) is 0. The van der Waals surface area contributed by atoms with Crippen LogP contribution in [0.4, 0.5) is 8.78 Å². The van der Waals surface area contributed by atoms with Crippen molar-refractivity contribution in [3.8, 4) is 11.8 Å². The molecule has 0 unspecified atom stereocenters. The Morgan fingerprint density at radius 3 is 2.04 bits per heavy atom. The van der Waals surface area contributed by atoms with Gasteiger partial charge in [-0.3, -0.25) is 0 Å². The predicted molar refractivity (Wildman–Crippen MR) is 94.9 cm³/mol. The third-order valence-electron chi connectivity index (χ3n) is 4.55. The quantitative estimate of drug-likeness (QED) is 0.555. The van der Waals surface area contributed by atoms with Crippen LogP contribution in [0.5, 0.6) is 0 Å². The summed E-state index contributed by atoms with van der Waals surface area (Å²) in [5.74, 6) is 4.53. The molecule has 1 aliphatic rings. The molecule has 2 aromatic carbocycles. The second-order valence-electron chi connectivity index (χ2n) is 6.34. The van der Waals surface area contributed by atoms with E-state index >= 15 is 0 Å². The minimum Gasteiger partial charge on any atom is -0.206 e. The Kier molecular flexibility index (Phi) is 5.09. The van der Waals surface area contributed by atoms with Gasteiger partial charge in [0.2, 0.25) is 0 Å². The summed E-state index contributed by atoms with van der Waals surface area (Å²) >= 11 is 0. The lowest BCUT2D eigenvalue weighted by molar-refractivity contribution is 0.439. The Bertz CT molecular complexity index is 757. The number of benzene rings is 2. The number of rotatable bonds is 1. The van der Waals surface area contributed by atoms with Gasteiger partial charge >= 0.3 is 0 Å². The minimum absolute atomic E-state index is 0.174. The van der Waals surface area contributed by atoms with Crippen LogP contribution in [0.1, 0.15) is 48.3 Å². The van der Waals surface area contributed by atoms with Crippen molar-refractivity contribution < 1.29 is 8.78 Å². The maximum Gasteiger partial charge on any atom is 0.142 e. The first-order chi connectivity index (χ1) is 11.5. The SMILES string of the molecule is [B]c1ccc(C#Cc2c(F)cc(C3CCC([B])CC3)cc2F)cc1. The van der Waals surface area contributed by atoms with E-state index < -0.39 is 11.6 Å². The molecule has 4 heteroatoms. The van der Waals surface area contributed by atoms with E-state index in [1.165, 1.54) is 12.1 Å². The van der Waals surface area contributed by atoms with Crippen LogP contribution in [0, 0.1) is 23.5 Å². The molecule has 0 nitrogen and oxygen atoms in total. The van der Waals surface area contributed by atoms with E-state index in [4.69, 9.17) is 15.7 Å². The lowest BCUT2D eigenvalue weighted by Crippen LogP contribution is -2.10. The van der Waals surface area contributed by atoms with Crippen LogP contribution in [-0.4, -0.2) is 15.7 Å². The van der Waals surface area contributed by atoms with E-state index in [-0.39, 0.29) is 17.3 Å². The molecule has 24 heavy (non-hydrogen) atoms. The summed E-state index contributed by atoms with van der Waals surface area (Å²) < 4.78 is 28.6. The topological polar surface area (TPSA) is 0 Å². The predicted octanol–water partition coefficient (Wildman–Crippen LogP) is 3.77. The van der Waals surface area contributed by atoms with Crippen LogP contribution in [0.3, 0.4) is 0 Å². The molecule has 0 atom stereocenters. The fourth-order valence-electron chi connectivity index (χ4n) is 3.10. The third kappa shape index (κ3) is 3.90. The summed E-state index contributed by atoms with van der Waals surface area (Å²) in [4.78, 5) is 0. The first-order valence-electron chi connectivity index (χ1n) is 8.15. The maximum atomic E-state index is 14.3. The van der Waals surface area contributed by atoms with Gasteiger partial charge in [0.25, 0.3) is 0 Å². The van der Waals surface area contributed by atoms with Gasteiger partial charge in [0, 0.05) is 5.56 Å². The average Bonchev–Trinajstić information content (AvgIpc) is 2.56. The van der Waals surface area contributed by atoms with Gasteiger partial charge in [-0.2, -0.15) is 0 Å². The average molecular weight is 316 g/mol. The Morgan fingerprint density at radius 2 is 1.46 bits per heavy atom. The van der Waals surface area contributed by atoms with Crippen molar-refractivity contribution in [2.24, 2.45) is 0 Å². The summed E-state index contributed by atoms with van der Waals surface area (Å²) in [6.07, 6.45) is 3.53. The van der Waals surface area contributed by atoms with Crippen LogP contribution >= 0.6 is 0 Å². The van der Waals surface area contributed by atoms with Crippen LogP contribution in [0.15, 0.2) is 36.4 Å². The zero-order chi connectivity index (χ0) is 17.1. The van der Waals surface area contributed by atoms with E-state index in [1.54, 1.807) is 24.3 Å². The standard InChI is InChI=1S/C20H16B2F2/c21-16-6-1-13(2-7-16)3-10-18-19(23)11-15(12-20(18)24)14-4-8-17(22)9-5-14/h1-2,6-7,11-12,14,17H,4-5,8-9H2. The lowest BCUT2D eigenvalue weighted by Gasteiger charge is -2.26. The number of hydrogen-bond donors (Lipinski definition) is 0. The molecule has 1 fully saturated rings. The molecule has 0 amide bonds. The van der Waals surface area contributed by atoms with Gasteiger partial charge in [0.1, 0.15) is 19.5 Å². The molecule has 116 valence electrons. The van der Waals surface area contributed by atoms with Crippen molar-refractivity contribution in [3.63, 3.8) is 0 Å². The smallest absolute Gasteiger partial charge is 0.142 e. The summed E-state index contributed by atoms with van der Waals surface area (Å²) in [5.41, 5.74) is 1.79. The first kappa shape index (κ1) is 16.8. The van der Waals surface area contributed by atoms with Gasteiger partial charge in [-0.25, -0.2) is 8.78 Å². The van der Waals surface area contributed by atoms with Crippen molar-refractivity contribution in [2.45, 2.75) is 37.4 Å². The van der Waals surface area contributed by atoms with E-state index in [0.29, 0.717) is 16.6 Å². The van der Waals surface area contributed by atoms with Gasteiger partial charge < -0.3 is 0 Å². The van der Waals surface area contributed by atoms with Gasteiger partial charge in [0.05, 0.1) is 13.4 Å². The van der Waals surface area contributed by atoms with E-state index in [1.807, 2.05) is 0 Å². The molecule has 1 saturated carbocycles. The maximum absolute atomic E-state index is 14.3. The highest BCUT2D eigenvalue weighted by Gasteiger charge is 2.21. The Balaban J connectivity index is 1.84. The van der Waals surface area contributed by atoms with Gasteiger partial charge in [0.15, 0.2) is 0 Å². The molecule has 0 aromatic heterocycles. The largest absolute Gasteiger partial charge is 0.206 e. The molecule has 1 aliphatic carbocycles. The van der Waals surface area contributed by atoms with Crippen LogP contribution in [0.2, 0.25) is 5.82 Å². The summed E-state index contributed by atoms with van der Waals surface area (Å²) in [6, 6.07) is 9.67. The number of halogens is 2. The molecule has 0 aliphatic heterocycles. The molecule has 0 heterocycles. The lowest BCUT2D eigenvalue weighted by atomic mass is 9.70. The molecule has 0 N–H and O–H groups in total. The van der Waals surface area contributed by atoms with E-state index in [2.05, 4.69) is 11.8 Å². The van der Waals surface area contributed by atoms with Gasteiger partial charge in [-0.15, -0.1) is 0 Å². The normalized spacial score (nSPS) is 20.2. The molecule has 2 aromatic rings. The van der Waals surface area contributed by atoms with Crippen LogP contribution in [-0.2, 0) is 0 Å². The molecule has 0 spiro atoms. The fraction of sp³-hybridized carbons (Fsp3) is 0.300. The Hall–Kier alpha value is -2.01. The third-order valence-corrected chi connectivity index (χ3v) is 4.55. The molecular weight excluding hydrogens is 300 g/mol. The van der Waals surface area contributed by atoms with Crippen molar-refractivity contribution >= 4 is 21.2 Å². The van der Waals surface area contributed by atoms with Crippen molar-refractivity contribution in [1.29, 1.82) is 0 Å². The highest BCUT2D eigenvalue weighted by atomic mass is 19.1. The van der Waals surface area contributed by atoms with Crippen LogP contribution < -0.4 is 5.46 Å². The molecular formula is C20H16B2F2. The van der Waals surface area contributed by atoms with Crippen molar-refractivity contribution in [3.05, 3.63) is 64.7 Å². The first-order valence-corrected chi connectivity index (χ1v) is 8.15. The Morgan fingerprint density at radius 1 is 0.875 bits per heavy atom. The van der Waals surface area contributed by atoms with Crippen molar-refractivity contribution in [1.82, 2.24) is 0 Å². The zero-order valence-corrected chi connectivity index (χ0v) is 13.4. The van der Waals surface area contributed by atoms with E-state index in [0.717, 1.165) is 25.7 Å². The van der Waals surface area contributed by atoms with Crippen molar-refractivity contribution in [2.75, 3.05) is 0 Å². The van der Waals surface area contributed by atoms with Gasteiger partial charge in [-0.05, 0) is 48.6 Å². The highest BCUT2D eigenvalue weighted by Crippen LogP contribution is 2.37. The van der Waals surface area contributed by atoms with Gasteiger partial charge in [-0.1, -0.05) is 48.1 Å². The number of hydrogen-bond acceptors (Lipinski definition) is 0. The monoisotopic (exact) mass is 316 g/mol. The van der Waals surface area contributed by atoms with Crippen LogP contribution in [0.25, 0.3) is 0 Å². The molecule has 0 saturated heterocycles. The fourth-order valence-corrected chi connectivity index (χ4v) is 3.10. The second-order valence-corrected chi connectivity index (χ2v) is 6.34. The summed E-state index contributed by atoms with van der Waals surface area (Å²) in [7, 11) is 11.5. The minimum atomic E-state index is -0.609. The molecule has 0 bridgehead atoms. The molecule has 3 rings (SSSR count). The highest BCUT2D eigenvalue weighted by molar-refractivity contribution is 6.32. The second kappa shape index (κ2) is 7.26. The van der Waals surface area contributed by atoms with E-state index in [9.17, 15) is 8.78 Å².